The summed E-state index contributed by atoms with van der Waals surface area (Å²) in [6, 6.07) is 19.5. The van der Waals surface area contributed by atoms with E-state index in [4.69, 9.17) is 4.74 Å². The molecule has 10 nitrogen and oxygen atoms in total. The molecule has 11 heteroatoms. The molecule has 0 aromatic heterocycles. The van der Waals surface area contributed by atoms with Crippen molar-refractivity contribution in [3.05, 3.63) is 88.5 Å². The minimum absolute atomic E-state index is 0.218. The first kappa shape index (κ1) is 26.5. The van der Waals surface area contributed by atoms with Crippen molar-refractivity contribution in [2.75, 3.05) is 43.0 Å². The number of likely N-dealkylation sites (N-methyl/N-ethyl adjacent to an activating group) is 1. The molecule has 1 N–H and O–H groups in total. The Bertz CT molecular complexity index is 1310. The SMILES string of the molecule is COc1ccc(N(CC(=O)NCCN(C)c2ccccc2)S(=O)(=O)c2ccc(C)c([N+](=O)[O-])c2)cc1. The number of nitro groups is 1. The second-order valence-electron chi connectivity index (χ2n) is 8.02. The maximum absolute atomic E-state index is 13.6. The van der Waals surface area contributed by atoms with Crippen molar-refractivity contribution in [2.24, 2.45) is 0 Å². The first-order valence-corrected chi connectivity index (χ1v) is 12.5. The lowest BCUT2D eigenvalue weighted by Crippen LogP contribution is -2.42. The second kappa shape index (κ2) is 11.5. The van der Waals surface area contributed by atoms with Crippen LogP contribution in [0.2, 0.25) is 0 Å². The third-order valence-corrected chi connectivity index (χ3v) is 7.35. The van der Waals surface area contributed by atoms with Gasteiger partial charge in [0.05, 0.1) is 22.6 Å². The fourth-order valence-electron chi connectivity index (χ4n) is 3.50. The molecule has 3 aromatic carbocycles. The molecule has 0 unspecified atom stereocenters. The van der Waals surface area contributed by atoms with Crippen molar-refractivity contribution < 1.29 is 22.9 Å². The summed E-state index contributed by atoms with van der Waals surface area (Å²) in [4.78, 5) is 25.2. The number of nitrogens with zero attached hydrogens (tertiary/aromatic N) is 3. The molecule has 0 aliphatic carbocycles. The van der Waals surface area contributed by atoms with Crippen LogP contribution in [0.5, 0.6) is 5.75 Å². The Kier molecular flexibility index (Phi) is 8.49. The van der Waals surface area contributed by atoms with E-state index in [2.05, 4.69) is 5.32 Å². The van der Waals surface area contributed by atoms with Gasteiger partial charge < -0.3 is 15.0 Å². The van der Waals surface area contributed by atoms with Gasteiger partial charge >= 0.3 is 0 Å². The predicted molar refractivity (Wildman–Crippen MR) is 138 cm³/mol. The number of para-hydroxylation sites is 1. The highest BCUT2D eigenvalue weighted by molar-refractivity contribution is 7.92. The number of benzene rings is 3. The van der Waals surface area contributed by atoms with E-state index < -0.39 is 27.4 Å². The van der Waals surface area contributed by atoms with Gasteiger partial charge in [-0.25, -0.2) is 8.42 Å². The summed E-state index contributed by atoms with van der Waals surface area (Å²) in [5.41, 5.74) is 1.21. The average Bonchev–Trinajstić information content (AvgIpc) is 2.87. The largest absolute Gasteiger partial charge is 0.497 e. The van der Waals surface area contributed by atoms with Crippen LogP contribution in [-0.2, 0) is 14.8 Å². The molecular weight excluding hydrogens is 484 g/mol. The molecule has 0 atom stereocenters. The lowest BCUT2D eigenvalue weighted by Gasteiger charge is -2.25. The summed E-state index contributed by atoms with van der Waals surface area (Å²) in [6.07, 6.45) is 0. The quantitative estimate of drug-likeness (QED) is 0.309. The first-order chi connectivity index (χ1) is 17.1. The number of anilines is 2. The molecule has 36 heavy (non-hydrogen) atoms. The molecule has 0 fully saturated rings. The van der Waals surface area contributed by atoms with Crippen molar-refractivity contribution in [3.63, 3.8) is 0 Å². The van der Waals surface area contributed by atoms with Gasteiger partial charge in [-0.1, -0.05) is 24.3 Å². The van der Waals surface area contributed by atoms with Gasteiger partial charge in [0, 0.05) is 37.5 Å². The number of methoxy groups -OCH3 is 1. The number of carbonyl (C=O) groups excluding carboxylic acids is 1. The Labute approximate surface area is 210 Å². The van der Waals surface area contributed by atoms with Crippen LogP contribution in [0.1, 0.15) is 5.56 Å². The van der Waals surface area contributed by atoms with Gasteiger partial charge in [-0.05, 0) is 49.4 Å². The molecule has 0 saturated carbocycles. The second-order valence-corrected chi connectivity index (χ2v) is 9.88. The predicted octanol–water partition coefficient (Wildman–Crippen LogP) is 3.36. The van der Waals surface area contributed by atoms with Crippen molar-refractivity contribution >= 4 is 33.0 Å². The number of nitrogens with one attached hydrogen (secondary N) is 1. The monoisotopic (exact) mass is 512 g/mol. The third kappa shape index (κ3) is 6.30. The lowest BCUT2D eigenvalue weighted by atomic mass is 10.2. The summed E-state index contributed by atoms with van der Waals surface area (Å²) >= 11 is 0. The van der Waals surface area contributed by atoms with Crippen molar-refractivity contribution in [3.8, 4) is 5.75 Å². The molecule has 0 bridgehead atoms. The van der Waals surface area contributed by atoms with E-state index in [0.29, 0.717) is 17.9 Å². The Hall–Kier alpha value is -4.12. The smallest absolute Gasteiger partial charge is 0.273 e. The number of nitro benzene ring substituents is 1. The number of hydrogen-bond acceptors (Lipinski definition) is 7. The Morgan fingerprint density at radius 2 is 1.69 bits per heavy atom. The summed E-state index contributed by atoms with van der Waals surface area (Å²) in [5.74, 6) is -0.00654. The van der Waals surface area contributed by atoms with Crippen LogP contribution in [0.25, 0.3) is 0 Å². The molecule has 0 aliphatic rings. The third-order valence-electron chi connectivity index (χ3n) is 5.58. The zero-order valence-electron chi connectivity index (χ0n) is 20.2. The average molecular weight is 513 g/mol. The first-order valence-electron chi connectivity index (χ1n) is 11.1. The van der Waals surface area contributed by atoms with Gasteiger partial charge in [-0.2, -0.15) is 0 Å². The molecule has 0 heterocycles. The van der Waals surface area contributed by atoms with Gasteiger partial charge in [0.15, 0.2) is 0 Å². The number of carbonyl (C=O) groups is 1. The molecular formula is C25H28N4O6S. The minimum Gasteiger partial charge on any atom is -0.497 e. The van der Waals surface area contributed by atoms with Crippen LogP contribution >= 0.6 is 0 Å². The Morgan fingerprint density at radius 1 is 1.03 bits per heavy atom. The normalized spacial score (nSPS) is 11.0. The lowest BCUT2D eigenvalue weighted by molar-refractivity contribution is -0.385. The number of rotatable bonds is 11. The highest BCUT2D eigenvalue weighted by Gasteiger charge is 2.29. The van der Waals surface area contributed by atoms with Crippen LogP contribution in [0.3, 0.4) is 0 Å². The zero-order valence-corrected chi connectivity index (χ0v) is 21.1. The maximum Gasteiger partial charge on any atom is 0.273 e. The fraction of sp³-hybridized carbons (Fsp3) is 0.240. The number of sulfonamides is 1. The van der Waals surface area contributed by atoms with Gasteiger partial charge in [0.1, 0.15) is 12.3 Å². The number of ether oxygens (including phenoxy) is 1. The zero-order chi connectivity index (χ0) is 26.3. The van der Waals surface area contributed by atoms with E-state index in [0.717, 1.165) is 16.1 Å². The van der Waals surface area contributed by atoms with E-state index in [1.165, 1.54) is 38.3 Å². The van der Waals surface area contributed by atoms with Crippen LogP contribution in [0, 0.1) is 17.0 Å². The van der Waals surface area contributed by atoms with E-state index in [9.17, 15) is 23.3 Å². The van der Waals surface area contributed by atoms with Gasteiger partial charge in [0.2, 0.25) is 5.91 Å². The van der Waals surface area contributed by atoms with Crippen molar-refractivity contribution in [1.29, 1.82) is 0 Å². The van der Waals surface area contributed by atoms with Gasteiger partial charge in [-0.15, -0.1) is 0 Å². The van der Waals surface area contributed by atoms with Gasteiger partial charge in [0.25, 0.3) is 15.7 Å². The fourth-order valence-corrected chi connectivity index (χ4v) is 4.94. The summed E-state index contributed by atoms with van der Waals surface area (Å²) in [5, 5.41) is 14.1. The minimum atomic E-state index is -4.31. The van der Waals surface area contributed by atoms with Crippen LogP contribution in [0.4, 0.5) is 17.1 Å². The number of aryl methyl sites for hydroxylation is 1. The standard InChI is InChI=1S/C25H28N4O6S/c1-19-9-14-23(17-24(19)29(31)32)36(33,34)28(21-10-12-22(35-3)13-11-21)18-25(30)26-15-16-27(2)20-7-5-4-6-8-20/h4-14,17H,15-16,18H2,1-3H3,(H,26,30). The molecule has 0 aliphatic heterocycles. The van der Waals surface area contributed by atoms with E-state index in [1.54, 1.807) is 12.1 Å². The molecule has 0 spiro atoms. The summed E-state index contributed by atoms with van der Waals surface area (Å²) in [7, 11) is -0.939. The van der Waals surface area contributed by atoms with Crippen molar-refractivity contribution in [1.82, 2.24) is 5.32 Å². The number of hydrogen-bond donors (Lipinski definition) is 1. The van der Waals surface area contributed by atoms with E-state index in [-0.39, 0.29) is 22.8 Å². The molecule has 0 saturated heterocycles. The van der Waals surface area contributed by atoms with E-state index >= 15 is 0 Å². The number of amides is 1. The van der Waals surface area contributed by atoms with Gasteiger partial charge in [-0.3, -0.25) is 19.2 Å². The van der Waals surface area contributed by atoms with Crippen LogP contribution in [-0.4, -0.2) is 53.0 Å². The maximum atomic E-state index is 13.6. The van der Waals surface area contributed by atoms with Crippen molar-refractivity contribution in [2.45, 2.75) is 11.8 Å². The van der Waals surface area contributed by atoms with Crippen LogP contribution in [0.15, 0.2) is 77.7 Å². The van der Waals surface area contributed by atoms with Crippen LogP contribution < -0.4 is 19.3 Å². The Balaban J connectivity index is 1.83. The highest BCUT2D eigenvalue weighted by Crippen LogP contribution is 2.29. The molecule has 3 rings (SSSR count). The molecule has 3 aromatic rings. The van der Waals surface area contributed by atoms with E-state index in [1.807, 2.05) is 42.3 Å². The topological polar surface area (TPSA) is 122 Å². The molecule has 190 valence electrons. The molecule has 0 radical (unpaired) electrons. The summed E-state index contributed by atoms with van der Waals surface area (Å²) < 4.78 is 33.2. The molecule has 1 amide bonds. The Morgan fingerprint density at radius 3 is 2.31 bits per heavy atom. The highest BCUT2D eigenvalue weighted by atomic mass is 32.2. The summed E-state index contributed by atoms with van der Waals surface area (Å²) in [6.45, 7) is 1.81.